The van der Waals surface area contributed by atoms with E-state index >= 15 is 0 Å². The molecule has 2 saturated heterocycles. The molecule has 0 unspecified atom stereocenters. The quantitative estimate of drug-likeness (QED) is 0.756. The largest absolute Gasteiger partial charge is 0.466 e. The van der Waals surface area contributed by atoms with Gasteiger partial charge in [-0.25, -0.2) is 8.42 Å². The molecule has 7 heteroatoms. The van der Waals surface area contributed by atoms with Crippen LogP contribution in [0.1, 0.15) is 40.2 Å². The topological polar surface area (TPSA) is 55.8 Å². The zero-order valence-corrected chi connectivity index (χ0v) is 17.7. The van der Waals surface area contributed by atoms with Gasteiger partial charge in [-0.15, -0.1) is 0 Å². The SMILES string of the molecule is Cc1ccc(S(=O)(=O)[C@H]2CN(C)C[C@]2(C)B2OC(C)(C)C(C)(C)O2)cc1. The van der Waals surface area contributed by atoms with Crippen molar-refractivity contribution >= 4 is 17.0 Å². The Bertz CT molecular complexity index is 774. The molecular weight excluding hydrogens is 349 g/mol. The minimum absolute atomic E-state index is 0.367. The monoisotopic (exact) mass is 379 g/mol. The standard InChI is InChI=1S/C19H30BNO4S/c1-14-8-10-15(11-9-14)26(22,23)16-12-21(7)13-19(16,6)20-24-17(2,3)18(4,5)25-20/h8-11,16H,12-13H2,1-7H3/t16-,19-/m0/s1. The first-order chi connectivity index (χ1) is 11.8. The molecule has 144 valence electrons. The maximum absolute atomic E-state index is 13.4. The molecular formula is C19H30BNO4S. The van der Waals surface area contributed by atoms with Crippen molar-refractivity contribution in [3.8, 4) is 0 Å². The highest BCUT2D eigenvalue weighted by molar-refractivity contribution is 7.92. The third-order valence-corrected chi connectivity index (χ3v) is 8.71. The number of nitrogens with zero attached hydrogens (tertiary/aromatic N) is 1. The van der Waals surface area contributed by atoms with Gasteiger partial charge in [0.25, 0.3) is 0 Å². The zero-order chi connectivity index (χ0) is 19.5. The summed E-state index contributed by atoms with van der Waals surface area (Å²) in [6.07, 6.45) is 0. The van der Waals surface area contributed by atoms with Crippen LogP contribution in [0.5, 0.6) is 0 Å². The molecule has 2 aliphatic heterocycles. The van der Waals surface area contributed by atoms with Crippen molar-refractivity contribution < 1.29 is 17.7 Å². The minimum Gasteiger partial charge on any atom is -0.403 e. The summed E-state index contributed by atoms with van der Waals surface area (Å²) < 4.78 is 39.4. The van der Waals surface area contributed by atoms with Crippen molar-refractivity contribution in [3.63, 3.8) is 0 Å². The van der Waals surface area contributed by atoms with E-state index in [2.05, 4.69) is 4.90 Å². The van der Waals surface area contributed by atoms with E-state index in [9.17, 15) is 8.42 Å². The van der Waals surface area contributed by atoms with Gasteiger partial charge in [-0.05, 0) is 53.8 Å². The van der Waals surface area contributed by atoms with Crippen LogP contribution >= 0.6 is 0 Å². The number of likely N-dealkylation sites (tertiary alicyclic amines) is 1. The molecule has 0 spiro atoms. The second-order valence-corrected chi connectivity index (χ2v) is 11.3. The van der Waals surface area contributed by atoms with Gasteiger partial charge in [-0.2, -0.15) is 0 Å². The maximum Gasteiger partial charge on any atom is 0.466 e. The lowest BCUT2D eigenvalue weighted by Crippen LogP contribution is -2.45. The van der Waals surface area contributed by atoms with E-state index in [4.69, 9.17) is 9.31 Å². The first-order valence-electron chi connectivity index (χ1n) is 9.14. The van der Waals surface area contributed by atoms with E-state index < -0.39 is 38.7 Å². The van der Waals surface area contributed by atoms with Crippen molar-refractivity contribution in [2.75, 3.05) is 20.1 Å². The summed E-state index contributed by atoms with van der Waals surface area (Å²) in [6, 6.07) is 7.09. The summed E-state index contributed by atoms with van der Waals surface area (Å²) in [5, 5.41) is -1.24. The average Bonchev–Trinajstić information content (AvgIpc) is 2.94. The number of sulfone groups is 1. The van der Waals surface area contributed by atoms with Crippen LogP contribution in [0.15, 0.2) is 29.2 Å². The lowest BCUT2D eigenvalue weighted by Gasteiger charge is -2.32. The maximum atomic E-state index is 13.4. The second-order valence-electron chi connectivity index (χ2n) is 9.14. The van der Waals surface area contributed by atoms with Crippen molar-refractivity contribution in [1.29, 1.82) is 0 Å². The van der Waals surface area contributed by atoms with E-state index in [0.29, 0.717) is 18.0 Å². The van der Waals surface area contributed by atoms with Gasteiger partial charge in [0, 0.05) is 18.4 Å². The van der Waals surface area contributed by atoms with Crippen LogP contribution < -0.4 is 0 Å². The average molecular weight is 379 g/mol. The van der Waals surface area contributed by atoms with Crippen molar-refractivity contribution in [2.24, 2.45) is 0 Å². The van der Waals surface area contributed by atoms with Crippen molar-refractivity contribution in [2.45, 2.75) is 68.2 Å². The Balaban J connectivity index is 2.00. The number of rotatable bonds is 3. The fraction of sp³-hybridized carbons (Fsp3) is 0.684. The van der Waals surface area contributed by atoms with Crippen LogP contribution in [0.4, 0.5) is 0 Å². The third kappa shape index (κ3) is 3.03. The van der Waals surface area contributed by atoms with Gasteiger partial charge in [0.2, 0.25) is 0 Å². The predicted octanol–water partition coefficient (Wildman–Crippen LogP) is 2.94. The fourth-order valence-electron chi connectivity index (χ4n) is 3.92. The molecule has 0 amide bonds. The van der Waals surface area contributed by atoms with E-state index in [0.717, 1.165) is 5.56 Å². The molecule has 0 aromatic heterocycles. The molecule has 0 saturated carbocycles. The molecule has 26 heavy (non-hydrogen) atoms. The van der Waals surface area contributed by atoms with Gasteiger partial charge in [0.05, 0.1) is 21.3 Å². The van der Waals surface area contributed by atoms with Crippen LogP contribution in [-0.4, -0.2) is 57.0 Å². The van der Waals surface area contributed by atoms with Gasteiger partial charge in [-0.3, -0.25) is 0 Å². The van der Waals surface area contributed by atoms with Crippen LogP contribution in [0.2, 0.25) is 5.31 Å². The first kappa shape index (κ1) is 19.9. The van der Waals surface area contributed by atoms with Crippen LogP contribution in [0.3, 0.4) is 0 Å². The number of hydrogen-bond acceptors (Lipinski definition) is 5. The van der Waals surface area contributed by atoms with E-state index in [-0.39, 0.29) is 0 Å². The Labute approximate surface area is 158 Å². The molecule has 0 aliphatic carbocycles. The van der Waals surface area contributed by atoms with Gasteiger partial charge in [0.15, 0.2) is 9.84 Å². The summed E-state index contributed by atoms with van der Waals surface area (Å²) in [6.45, 7) is 13.0. The highest BCUT2D eigenvalue weighted by Crippen LogP contribution is 2.51. The van der Waals surface area contributed by atoms with Gasteiger partial charge in [-0.1, -0.05) is 24.6 Å². The summed E-state index contributed by atoms with van der Waals surface area (Å²) in [5.74, 6) is 0. The molecule has 1 aromatic rings. The Morgan fingerprint density at radius 1 is 1.04 bits per heavy atom. The van der Waals surface area contributed by atoms with Gasteiger partial charge >= 0.3 is 7.12 Å². The Kier molecular flexibility index (Phi) is 4.63. The molecule has 1 aromatic carbocycles. The van der Waals surface area contributed by atoms with E-state index in [1.165, 1.54) is 0 Å². The predicted molar refractivity (Wildman–Crippen MR) is 104 cm³/mol. The summed E-state index contributed by atoms with van der Waals surface area (Å²) in [7, 11) is -2.12. The molecule has 0 N–H and O–H groups in total. The molecule has 2 fully saturated rings. The van der Waals surface area contributed by atoms with Crippen LogP contribution in [0.25, 0.3) is 0 Å². The number of hydrogen-bond donors (Lipinski definition) is 0. The first-order valence-corrected chi connectivity index (χ1v) is 10.7. The summed E-state index contributed by atoms with van der Waals surface area (Å²) in [5.41, 5.74) is 0.0706. The third-order valence-electron chi connectivity index (χ3n) is 6.34. The lowest BCUT2D eigenvalue weighted by atomic mass is 9.57. The lowest BCUT2D eigenvalue weighted by molar-refractivity contribution is 0.00578. The molecule has 0 radical (unpaired) electrons. The van der Waals surface area contributed by atoms with Gasteiger partial charge in [0.1, 0.15) is 0 Å². The molecule has 0 bridgehead atoms. The van der Waals surface area contributed by atoms with Crippen molar-refractivity contribution in [1.82, 2.24) is 4.90 Å². The van der Waals surface area contributed by atoms with Gasteiger partial charge < -0.3 is 14.2 Å². The highest BCUT2D eigenvalue weighted by atomic mass is 32.2. The van der Waals surface area contributed by atoms with Crippen LogP contribution in [-0.2, 0) is 19.1 Å². The molecule has 5 nitrogen and oxygen atoms in total. The fourth-order valence-corrected chi connectivity index (χ4v) is 6.11. The smallest absolute Gasteiger partial charge is 0.403 e. The molecule has 2 heterocycles. The Morgan fingerprint density at radius 2 is 1.54 bits per heavy atom. The number of aryl methyl sites for hydroxylation is 1. The molecule has 2 aliphatic rings. The summed E-state index contributed by atoms with van der Waals surface area (Å²) >= 11 is 0. The zero-order valence-electron chi connectivity index (χ0n) is 16.9. The molecule has 2 atom stereocenters. The summed E-state index contributed by atoms with van der Waals surface area (Å²) in [4.78, 5) is 2.42. The van der Waals surface area contributed by atoms with Crippen LogP contribution in [0, 0.1) is 6.92 Å². The Morgan fingerprint density at radius 3 is 2.04 bits per heavy atom. The second kappa shape index (κ2) is 6.06. The normalized spacial score (nSPS) is 31.5. The van der Waals surface area contributed by atoms with E-state index in [1.807, 2.05) is 60.7 Å². The number of benzene rings is 1. The highest BCUT2D eigenvalue weighted by Gasteiger charge is 2.64. The molecule has 3 rings (SSSR count). The van der Waals surface area contributed by atoms with E-state index in [1.54, 1.807) is 12.1 Å². The minimum atomic E-state index is -3.51. The van der Waals surface area contributed by atoms with Crippen molar-refractivity contribution in [3.05, 3.63) is 29.8 Å². The Hall–Kier alpha value is -0.885.